The lowest BCUT2D eigenvalue weighted by atomic mass is 10.00. The van der Waals surface area contributed by atoms with Crippen molar-refractivity contribution in [3.8, 4) is 0 Å². The fraction of sp³-hybridized carbons (Fsp3) is 0.897. The molecule has 0 spiro atoms. The van der Waals surface area contributed by atoms with Gasteiger partial charge in [-0.05, 0) is 38.5 Å². The number of aliphatic hydroxyl groups is 3. The molecular formula is C39H72O12S. The summed E-state index contributed by atoms with van der Waals surface area (Å²) < 4.78 is 53.8. The lowest BCUT2D eigenvalue weighted by Gasteiger charge is -2.40. The minimum atomic E-state index is -4.59. The average Bonchev–Trinajstić information content (AvgIpc) is 3.10. The van der Waals surface area contributed by atoms with Gasteiger partial charge in [-0.25, -0.2) is 0 Å². The van der Waals surface area contributed by atoms with Crippen molar-refractivity contribution in [2.24, 2.45) is 0 Å². The van der Waals surface area contributed by atoms with Crippen molar-refractivity contribution >= 4 is 22.1 Å². The Hall–Kier alpha value is -1.61. The highest BCUT2D eigenvalue weighted by molar-refractivity contribution is 7.85. The molecule has 1 heterocycles. The second-order valence-corrected chi connectivity index (χ2v) is 15.8. The Kier molecular flexibility index (Phi) is 28.6. The summed E-state index contributed by atoms with van der Waals surface area (Å²) in [6, 6.07) is 0. The summed E-state index contributed by atoms with van der Waals surface area (Å²) in [6.07, 6.45) is 19.9. The van der Waals surface area contributed by atoms with E-state index in [4.69, 9.17) is 18.9 Å². The number of hydrogen-bond acceptors (Lipinski definition) is 11. The van der Waals surface area contributed by atoms with E-state index in [0.717, 1.165) is 44.9 Å². The van der Waals surface area contributed by atoms with Crippen LogP contribution in [0.15, 0.2) is 12.2 Å². The molecule has 1 aliphatic heterocycles. The van der Waals surface area contributed by atoms with E-state index in [2.05, 4.69) is 26.0 Å². The maximum Gasteiger partial charge on any atom is 0.306 e. The number of aliphatic hydroxyl groups excluding tert-OH is 3. The van der Waals surface area contributed by atoms with E-state index in [0.29, 0.717) is 12.8 Å². The second kappa shape index (κ2) is 30.7. The Morgan fingerprint density at radius 2 is 1.10 bits per heavy atom. The predicted molar refractivity (Wildman–Crippen MR) is 201 cm³/mol. The molecule has 306 valence electrons. The summed E-state index contributed by atoms with van der Waals surface area (Å²) in [7, 11) is -4.59. The molecule has 0 aromatic carbocycles. The van der Waals surface area contributed by atoms with Crippen LogP contribution in [0.25, 0.3) is 0 Å². The van der Waals surface area contributed by atoms with E-state index in [-0.39, 0.29) is 19.4 Å². The van der Waals surface area contributed by atoms with E-state index in [1.807, 2.05) is 0 Å². The molecule has 1 saturated heterocycles. The number of allylic oxidation sites excluding steroid dienone is 2. The van der Waals surface area contributed by atoms with Gasteiger partial charge in [0.1, 0.15) is 36.8 Å². The third-order valence-corrected chi connectivity index (χ3v) is 10.1. The molecule has 0 aliphatic carbocycles. The standard InChI is InChI=1S/C39H72O12S/c1-3-5-7-9-11-13-15-16-18-20-22-24-26-28-35(41)50-32(29-48-34(40)27-25-23-21-19-17-14-12-10-8-6-4-2)30-49-39-38(44)37(43)36(42)33(51-39)31-52(45,46)47/h16,18,32-33,36-39,42-44H,3-15,17,19-31H2,1-2H3,(H,45,46,47)/b18-16+/t32-,33-,36-,37?,38?,39+/m1/s1. The van der Waals surface area contributed by atoms with Gasteiger partial charge in [0.15, 0.2) is 12.4 Å². The number of hydrogen-bond donors (Lipinski definition) is 4. The summed E-state index contributed by atoms with van der Waals surface area (Å²) in [4.78, 5) is 25.2. The normalized spacial score (nSPS) is 21.4. The van der Waals surface area contributed by atoms with Crippen LogP contribution in [0.4, 0.5) is 0 Å². The van der Waals surface area contributed by atoms with E-state index >= 15 is 0 Å². The van der Waals surface area contributed by atoms with Gasteiger partial charge < -0.3 is 34.3 Å². The van der Waals surface area contributed by atoms with Crippen molar-refractivity contribution < 1.29 is 56.8 Å². The highest BCUT2D eigenvalue weighted by Crippen LogP contribution is 2.24. The first-order valence-corrected chi connectivity index (χ1v) is 21.9. The largest absolute Gasteiger partial charge is 0.462 e. The lowest BCUT2D eigenvalue weighted by molar-refractivity contribution is -0.297. The van der Waals surface area contributed by atoms with Gasteiger partial charge in [-0.1, -0.05) is 129 Å². The van der Waals surface area contributed by atoms with Crippen molar-refractivity contribution in [2.75, 3.05) is 19.0 Å². The molecule has 4 N–H and O–H groups in total. The van der Waals surface area contributed by atoms with E-state index in [9.17, 15) is 37.9 Å². The van der Waals surface area contributed by atoms with Gasteiger partial charge >= 0.3 is 11.9 Å². The van der Waals surface area contributed by atoms with Gasteiger partial charge in [0.05, 0.1) is 6.61 Å². The number of ether oxygens (including phenoxy) is 4. The summed E-state index contributed by atoms with van der Waals surface area (Å²) in [5.41, 5.74) is 0. The minimum absolute atomic E-state index is 0.147. The number of carbonyl (C=O) groups is 2. The molecule has 12 nitrogen and oxygen atoms in total. The number of rotatable bonds is 33. The van der Waals surface area contributed by atoms with Crippen LogP contribution in [0.1, 0.15) is 168 Å². The lowest BCUT2D eigenvalue weighted by Crippen LogP contribution is -2.60. The van der Waals surface area contributed by atoms with Gasteiger partial charge in [0.25, 0.3) is 10.1 Å². The molecule has 2 unspecified atom stereocenters. The smallest absolute Gasteiger partial charge is 0.306 e. The van der Waals surface area contributed by atoms with Crippen LogP contribution in [0.5, 0.6) is 0 Å². The third kappa shape index (κ3) is 25.4. The SMILES string of the molecule is CCCCCCCC/C=C/CCCCCC(=O)O[C@H](COC(=O)CCCCCCCCCCCCC)CO[C@H]1O[C@H](CS(=O)(=O)O)[C@@H](O)C(O)C1O. The average molecular weight is 765 g/mol. The quantitative estimate of drug-likeness (QED) is 0.0230. The Balaban J connectivity index is 2.52. The molecule has 0 aromatic rings. The molecule has 6 atom stereocenters. The second-order valence-electron chi connectivity index (χ2n) is 14.3. The van der Waals surface area contributed by atoms with Crippen molar-refractivity contribution in [3.05, 3.63) is 12.2 Å². The van der Waals surface area contributed by atoms with Crippen molar-refractivity contribution in [3.63, 3.8) is 0 Å². The first-order chi connectivity index (χ1) is 25.0. The highest BCUT2D eigenvalue weighted by Gasteiger charge is 2.46. The Labute approximate surface area is 314 Å². The van der Waals surface area contributed by atoms with Gasteiger partial charge in [-0.2, -0.15) is 8.42 Å². The predicted octanol–water partition coefficient (Wildman–Crippen LogP) is 7.11. The molecule has 0 radical (unpaired) electrons. The van der Waals surface area contributed by atoms with Gasteiger partial charge in [-0.3, -0.25) is 14.1 Å². The Bertz CT molecular complexity index is 1040. The molecule has 1 fully saturated rings. The molecule has 0 aromatic heterocycles. The maximum absolute atomic E-state index is 12.7. The third-order valence-electron chi connectivity index (χ3n) is 9.35. The van der Waals surface area contributed by atoms with E-state index in [1.54, 1.807) is 0 Å². The van der Waals surface area contributed by atoms with Gasteiger partial charge in [0, 0.05) is 12.8 Å². The maximum atomic E-state index is 12.7. The molecule has 0 saturated carbocycles. The van der Waals surface area contributed by atoms with Crippen LogP contribution >= 0.6 is 0 Å². The molecule has 1 rings (SSSR count). The summed E-state index contributed by atoms with van der Waals surface area (Å²) in [5, 5.41) is 30.7. The molecule has 0 bridgehead atoms. The molecule has 13 heteroatoms. The number of unbranched alkanes of at least 4 members (excludes halogenated alkanes) is 19. The first-order valence-electron chi connectivity index (χ1n) is 20.2. The van der Waals surface area contributed by atoms with Crippen molar-refractivity contribution in [1.82, 2.24) is 0 Å². The van der Waals surface area contributed by atoms with Gasteiger partial charge in [0.2, 0.25) is 0 Å². The van der Waals surface area contributed by atoms with Crippen LogP contribution < -0.4 is 0 Å². The fourth-order valence-electron chi connectivity index (χ4n) is 6.14. The van der Waals surface area contributed by atoms with Crippen LogP contribution in [-0.2, 0) is 38.7 Å². The zero-order chi connectivity index (χ0) is 38.5. The molecule has 0 amide bonds. The Morgan fingerprint density at radius 3 is 1.62 bits per heavy atom. The summed E-state index contributed by atoms with van der Waals surface area (Å²) in [6.45, 7) is 3.71. The molecule has 1 aliphatic rings. The molecular weight excluding hydrogens is 692 g/mol. The first kappa shape index (κ1) is 48.4. The number of carbonyl (C=O) groups excluding carboxylic acids is 2. The zero-order valence-corrected chi connectivity index (χ0v) is 33.0. The fourth-order valence-corrected chi connectivity index (χ4v) is 6.83. The molecule has 52 heavy (non-hydrogen) atoms. The van der Waals surface area contributed by atoms with Crippen LogP contribution in [-0.4, -0.2) is 96.0 Å². The van der Waals surface area contributed by atoms with E-state index < -0.39 is 71.2 Å². The van der Waals surface area contributed by atoms with Crippen LogP contribution in [0.3, 0.4) is 0 Å². The van der Waals surface area contributed by atoms with Crippen LogP contribution in [0.2, 0.25) is 0 Å². The zero-order valence-electron chi connectivity index (χ0n) is 32.2. The van der Waals surface area contributed by atoms with Crippen LogP contribution in [0, 0.1) is 0 Å². The van der Waals surface area contributed by atoms with E-state index in [1.165, 1.54) is 83.5 Å². The summed E-state index contributed by atoms with van der Waals surface area (Å²) >= 11 is 0. The van der Waals surface area contributed by atoms with Gasteiger partial charge in [-0.15, -0.1) is 0 Å². The van der Waals surface area contributed by atoms with Crippen molar-refractivity contribution in [2.45, 2.75) is 205 Å². The monoisotopic (exact) mass is 764 g/mol. The number of esters is 2. The highest BCUT2D eigenvalue weighted by atomic mass is 32.2. The Morgan fingerprint density at radius 1 is 0.635 bits per heavy atom. The summed E-state index contributed by atoms with van der Waals surface area (Å²) in [5.74, 6) is -2.00. The topological polar surface area (TPSA) is 186 Å². The van der Waals surface area contributed by atoms with Crippen molar-refractivity contribution in [1.29, 1.82) is 0 Å². The minimum Gasteiger partial charge on any atom is -0.462 e.